The zero-order valence-corrected chi connectivity index (χ0v) is 48.3. The quantitative estimate of drug-likeness (QED) is 0.0261. The van der Waals surface area contributed by atoms with Crippen LogP contribution < -0.4 is 0 Å². The third kappa shape index (κ3) is 60.0. The number of esters is 3. The van der Waals surface area contributed by atoms with Crippen LogP contribution >= 0.6 is 0 Å². The Hall–Kier alpha value is -4.71. The molecule has 0 aliphatic rings. The average Bonchev–Trinajstić information content (AvgIpc) is 3.41. The summed E-state index contributed by atoms with van der Waals surface area (Å²) < 4.78 is 16.8. The predicted octanol–water partition coefficient (Wildman–Crippen LogP) is 20.8. The van der Waals surface area contributed by atoms with Crippen molar-refractivity contribution in [2.75, 3.05) is 13.2 Å². The topological polar surface area (TPSA) is 78.9 Å². The molecule has 0 aromatic carbocycles. The summed E-state index contributed by atoms with van der Waals surface area (Å²) in [6.07, 6.45) is 88.8. The first-order chi connectivity index (χ1) is 37.0. The maximum absolute atomic E-state index is 12.8. The van der Waals surface area contributed by atoms with Crippen molar-refractivity contribution in [3.05, 3.63) is 146 Å². The summed E-state index contributed by atoms with van der Waals surface area (Å²) in [4.78, 5) is 38.2. The van der Waals surface area contributed by atoms with Crippen LogP contribution in [0.25, 0.3) is 0 Å². The van der Waals surface area contributed by atoms with E-state index in [9.17, 15) is 14.4 Å². The van der Waals surface area contributed by atoms with Crippen LogP contribution in [0.5, 0.6) is 0 Å². The van der Waals surface area contributed by atoms with Gasteiger partial charge >= 0.3 is 17.9 Å². The molecular weight excluding hydrogens is 925 g/mol. The Labute approximate surface area is 461 Å². The highest BCUT2D eigenvalue weighted by molar-refractivity contribution is 5.72. The van der Waals surface area contributed by atoms with Crippen LogP contribution in [0, 0.1) is 0 Å². The largest absolute Gasteiger partial charge is 0.462 e. The van der Waals surface area contributed by atoms with Crippen LogP contribution in [0.15, 0.2) is 146 Å². The molecule has 0 spiro atoms. The van der Waals surface area contributed by atoms with Crippen LogP contribution in [0.3, 0.4) is 0 Å². The lowest BCUT2D eigenvalue weighted by molar-refractivity contribution is -0.166. The summed E-state index contributed by atoms with van der Waals surface area (Å²) in [6, 6.07) is 0. The smallest absolute Gasteiger partial charge is 0.310 e. The van der Waals surface area contributed by atoms with Gasteiger partial charge in [0.2, 0.25) is 0 Å². The minimum absolute atomic E-state index is 0.0876. The third-order valence-electron chi connectivity index (χ3n) is 12.4. The minimum atomic E-state index is -0.846. The second kappa shape index (κ2) is 61.8. The first-order valence-electron chi connectivity index (χ1n) is 30.3. The van der Waals surface area contributed by atoms with Crippen molar-refractivity contribution in [2.45, 2.75) is 258 Å². The van der Waals surface area contributed by atoms with Gasteiger partial charge in [-0.1, -0.05) is 263 Å². The fraction of sp³-hybridized carbons (Fsp3) is 0.609. The first kappa shape index (κ1) is 70.3. The summed E-state index contributed by atoms with van der Waals surface area (Å²) in [5.41, 5.74) is 0. The maximum Gasteiger partial charge on any atom is 0.310 e. The van der Waals surface area contributed by atoms with Crippen molar-refractivity contribution in [1.82, 2.24) is 0 Å². The minimum Gasteiger partial charge on any atom is -0.462 e. The van der Waals surface area contributed by atoms with E-state index >= 15 is 0 Å². The highest BCUT2D eigenvalue weighted by Gasteiger charge is 2.19. The molecule has 0 aromatic heterocycles. The van der Waals surface area contributed by atoms with E-state index in [1.165, 1.54) is 77.0 Å². The monoisotopic (exact) mass is 1030 g/mol. The number of hydrogen-bond donors (Lipinski definition) is 0. The summed E-state index contributed by atoms with van der Waals surface area (Å²) in [5.74, 6) is -1.08. The van der Waals surface area contributed by atoms with E-state index < -0.39 is 12.1 Å². The average molecular weight is 1040 g/mol. The number of ether oxygens (including phenoxy) is 3. The number of carbonyl (C=O) groups excluding carboxylic acids is 3. The van der Waals surface area contributed by atoms with Crippen LogP contribution in [0.4, 0.5) is 0 Å². The molecule has 0 rings (SSSR count). The van der Waals surface area contributed by atoms with Gasteiger partial charge in [0.15, 0.2) is 6.10 Å². The van der Waals surface area contributed by atoms with Gasteiger partial charge < -0.3 is 14.2 Å². The van der Waals surface area contributed by atoms with E-state index in [-0.39, 0.29) is 31.6 Å². The summed E-state index contributed by atoms with van der Waals surface area (Å²) in [5, 5.41) is 0. The van der Waals surface area contributed by atoms with Gasteiger partial charge in [-0.15, -0.1) is 0 Å². The Bertz CT molecular complexity index is 1660. The Balaban J connectivity index is 4.38. The maximum atomic E-state index is 12.8. The molecular formula is C69H110O6. The molecule has 0 amide bonds. The van der Waals surface area contributed by atoms with Crippen molar-refractivity contribution in [3.8, 4) is 0 Å². The fourth-order valence-corrected chi connectivity index (χ4v) is 7.94. The predicted molar refractivity (Wildman–Crippen MR) is 325 cm³/mol. The molecule has 0 bridgehead atoms. The van der Waals surface area contributed by atoms with E-state index in [4.69, 9.17) is 14.2 Å². The molecule has 0 N–H and O–H groups in total. The molecule has 0 saturated heterocycles. The van der Waals surface area contributed by atoms with Gasteiger partial charge in [-0.25, -0.2) is 0 Å². The Morgan fingerprint density at radius 2 is 0.520 bits per heavy atom. The number of unbranched alkanes of at least 4 members (excludes halogenated alkanes) is 19. The lowest BCUT2D eigenvalue weighted by Crippen LogP contribution is -2.30. The summed E-state index contributed by atoms with van der Waals surface area (Å²) in [7, 11) is 0. The molecule has 1 unspecified atom stereocenters. The van der Waals surface area contributed by atoms with Gasteiger partial charge in [-0.3, -0.25) is 14.4 Å². The van der Waals surface area contributed by atoms with E-state index in [0.29, 0.717) is 19.3 Å². The zero-order chi connectivity index (χ0) is 54.3. The Morgan fingerprint density at radius 1 is 0.280 bits per heavy atom. The van der Waals surface area contributed by atoms with Crippen LogP contribution in [-0.2, 0) is 28.6 Å². The van der Waals surface area contributed by atoms with Crippen LogP contribution in [0.1, 0.15) is 252 Å². The highest BCUT2D eigenvalue weighted by atomic mass is 16.6. The number of rotatable bonds is 53. The van der Waals surface area contributed by atoms with Crippen molar-refractivity contribution in [3.63, 3.8) is 0 Å². The normalized spacial score (nSPS) is 13.2. The molecule has 75 heavy (non-hydrogen) atoms. The van der Waals surface area contributed by atoms with Gasteiger partial charge in [-0.2, -0.15) is 0 Å². The standard InChI is InChI=1S/C69H110O6/c1-4-7-10-13-16-19-22-25-28-29-30-31-32-33-34-35-36-37-38-39-42-44-47-50-53-56-59-62-68(71)74-65-66(75-69(72)63-60-57-54-51-48-45-41-27-24-21-18-15-12-9-6-3)64-73-67(70)61-58-55-52-49-46-43-40-26-23-20-17-14-11-8-5-2/h7-12,16-21,25-28,30-31,40-41,48,51,57,60,66H,4-6,13-15,22-24,29,32-39,42-47,49-50,52-56,58-59,61-65H2,1-3H3/b10-7-,11-8-,12-9-,19-16-,20-17-,21-18-,28-25-,31-30-,40-26-,41-27-,51-48-,60-57-. The molecule has 6 heteroatoms. The van der Waals surface area contributed by atoms with E-state index in [1.807, 2.05) is 6.08 Å². The number of hydrogen-bond acceptors (Lipinski definition) is 6. The van der Waals surface area contributed by atoms with E-state index in [1.54, 1.807) is 6.08 Å². The van der Waals surface area contributed by atoms with Crippen molar-refractivity contribution < 1.29 is 28.6 Å². The van der Waals surface area contributed by atoms with Gasteiger partial charge in [0.1, 0.15) is 13.2 Å². The Morgan fingerprint density at radius 3 is 0.813 bits per heavy atom. The molecule has 6 nitrogen and oxygen atoms in total. The van der Waals surface area contributed by atoms with Gasteiger partial charge in [0.25, 0.3) is 0 Å². The first-order valence-corrected chi connectivity index (χ1v) is 30.3. The molecule has 0 heterocycles. The highest BCUT2D eigenvalue weighted by Crippen LogP contribution is 2.15. The number of carbonyl (C=O) groups is 3. The summed E-state index contributed by atoms with van der Waals surface area (Å²) >= 11 is 0. The SMILES string of the molecule is CC/C=C\C/C=C\C/C=C\C/C=C\C/C=C\CC(=O)OC(COC(=O)CCCCCCC/C=C\C/C=C\C/C=C\CC)COC(=O)CCCCCCCCCCCCCCCC/C=C\C/C=C\C/C=C\C/C=C\CC. The Kier molecular flexibility index (Phi) is 58.0. The zero-order valence-electron chi connectivity index (χ0n) is 48.3. The molecule has 0 fully saturated rings. The van der Waals surface area contributed by atoms with Gasteiger partial charge in [-0.05, 0) is 116 Å². The van der Waals surface area contributed by atoms with Crippen molar-refractivity contribution in [2.24, 2.45) is 0 Å². The molecule has 0 aliphatic heterocycles. The van der Waals surface area contributed by atoms with Crippen molar-refractivity contribution >= 4 is 17.9 Å². The molecule has 0 saturated carbocycles. The van der Waals surface area contributed by atoms with Crippen LogP contribution in [-0.4, -0.2) is 37.2 Å². The van der Waals surface area contributed by atoms with Gasteiger partial charge in [0.05, 0.1) is 6.42 Å². The third-order valence-corrected chi connectivity index (χ3v) is 12.4. The molecule has 0 radical (unpaired) electrons. The second-order valence-corrected chi connectivity index (χ2v) is 19.5. The van der Waals surface area contributed by atoms with E-state index in [0.717, 1.165) is 128 Å². The van der Waals surface area contributed by atoms with Gasteiger partial charge in [0, 0.05) is 12.8 Å². The molecule has 0 aliphatic carbocycles. The molecule has 1 atom stereocenters. The fourth-order valence-electron chi connectivity index (χ4n) is 7.94. The lowest BCUT2D eigenvalue weighted by Gasteiger charge is -2.18. The van der Waals surface area contributed by atoms with E-state index in [2.05, 4.69) is 154 Å². The molecule has 0 aromatic rings. The second-order valence-electron chi connectivity index (χ2n) is 19.5. The summed E-state index contributed by atoms with van der Waals surface area (Å²) in [6.45, 7) is 6.20. The lowest BCUT2D eigenvalue weighted by atomic mass is 10.0. The number of allylic oxidation sites excluding steroid dienone is 23. The van der Waals surface area contributed by atoms with Crippen molar-refractivity contribution in [1.29, 1.82) is 0 Å². The van der Waals surface area contributed by atoms with Crippen LogP contribution in [0.2, 0.25) is 0 Å². The molecule has 422 valence electrons.